The van der Waals surface area contributed by atoms with Crippen LogP contribution in [0.15, 0.2) is 24.8 Å². The fourth-order valence-corrected chi connectivity index (χ4v) is 1.66. The highest BCUT2D eigenvalue weighted by Crippen LogP contribution is 2.41. The minimum atomic E-state index is 0.338. The van der Waals surface area contributed by atoms with Gasteiger partial charge in [-0.25, -0.2) is 0 Å². The van der Waals surface area contributed by atoms with Crippen LogP contribution in [0.2, 0.25) is 0 Å². The number of aromatic hydroxyl groups is 1. The minimum absolute atomic E-state index is 0.338. The summed E-state index contributed by atoms with van der Waals surface area (Å²) in [6, 6.07) is 5.49. The van der Waals surface area contributed by atoms with E-state index in [-0.39, 0.29) is 0 Å². The number of phenolic OH excluding ortho intramolecular Hbond substituents is 1. The van der Waals surface area contributed by atoms with E-state index in [1.165, 1.54) is 24.0 Å². The highest BCUT2D eigenvalue weighted by Gasteiger charge is 2.25. The molecule has 1 aliphatic carbocycles. The van der Waals surface area contributed by atoms with Crippen LogP contribution in [0.5, 0.6) is 5.75 Å². The zero-order valence-corrected chi connectivity index (χ0v) is 7.88. The van der Waals surface area contributed by atoms with Gasteiger partial charge in [-0.3, -0.25) is 0 Å². The van der Waals surface area contributed by atoms with E-state index in [1.807, 2.05) is 13.0 Å². The summed E-state index contributed by atoms with van der Waals surface area (Å²) in [5, 5.41) is 9.24. The van der Waals surface area contributed by atoms with Crippen LogP contribution in [0, 0.1) is 12.8 Å². The van der Waals surface area contributed by atoms with Gasteiger partial charge in [0.1, 0.15) is 5.75 Å². The van der Waals surface area contributed by atoms with Gasteiger partial charge in [0.15, 0.2) is 0 Å². The highest BCUT2D eigenvalue weighted by atomic mass is 16.3. The Morgan fingerprint density at radius 1 is 1.46 bits per heavy atom. The highest BCUT2D eigenvalue weighted by molar-refractivity contribution is 5.70. The molecule has 0 saturated heterocycles. The summed E-state index contributed by atoms with van der Waals surface area (Å²) in [6.07, 6.45) is 2.55. The van der Waals surface area contributed by atoms with Crippen molar-refractivity contribution in [3.63, 3.8) is 0 Å². The smallest absolute Gasteiger partial charge is 0.115 e. The monoisotopic (exact) mass is 174 g/mol. The van der Waals surface area contributed by atoms with Gasteiger partial charge in [0.2, 0.25) is 0 Å². The van der Waals surface area contributed by atoms with Crippen molar-refractivity contribution in [2.45, 2.75) is 19.8 Å². The van der Waals surface area contributed by atoms with Crippen LogP contribution in [-0.2, 0) is 0 Å². The average molecular weight is 174 g/mol. The summed E-state index contributed by atoms with van der Waals surface area (Å²) in [6.45, 7) is 6.11. The summed E-state index contributed by atoms with van der Waals surface area (Å²) in [7, 11) is 0. The Hall–Kier alpha value is -1.24. The van der Waals surface area contributed by atoms with Crippen molar-refractivity contribution in [2.24, 2.45) is 5.92 Å². The number of hydrogen-bond acceptors (Lipinski definition) is 1. The molecule has 2 rings (SSSR count). The number of rotatable bonds is 2. The maximum Gasteiger partial charge on any atom is 0.115 e. The van der Waals surface area contributed by atoms with E-state index >= 15 is 0 Å². The van der Waals surface area contributed by atoms with E-state index in [4.69, 9.17) is 0 Å². The number of aryl methyl sites for hydroxylation is 1. The van der Waals surface area contributed by atoms with Gasteiger partial charge in [-0.1, -0.05) is 12.6 Å². The van der Waals surface area contributed by atoms with E-state index in [0.717, 1.165) is 5.56 Å². The lowest BCUT2D eigenvalue weighted by molar-refractivity contribution is 0.475. The molecule has 1 saturated carbocycles. The first-order chi connectivity index (χ1) is 6.18. The zero-order valence-electron chi connectivity index (χ0n) is 7.88. The summed E-state index contributed by atoms with van der Waals surface area (Å²) in [4.78, 5) is 0. The third-order valence-corrected chi connectivity index (χ3v) is 2.63. The second-order valence-electron chi connectivity index (χ2n) is 3.80. The maximum atomic E-state index is 9.24. The first kappa shape index (κ1) is 8.36. The van der Waals surface area contributed by atoms with Crippen LogP contribution >= 0.6 is 0 Å². The second kappa shape index (κ2) is 2.91. The second-order valence-corrected chi connectivity index (χ2v) is 3.80. The first-order valence-corrected chi connectivity index (χ1v) is 4.67. The topological polar surface area (TPSA) is 20.2 Å². The first-order valence-electron chi connectivity index (χ1n) is 4.67. The quantitative estimate of drug-likeness (QED) is 0.730. The zero-order chi connectivity index (χ0) is 9.42. The van der Waals surface area contributed by atoms with Gasteiger partial charge in [-0.2, -0.15) is 0 Å². The van der Waals surface area contributed by atoms with Crippen molar-refractivity contribution >= 4 is 5.57 Å². The number of phenols is 1. The van der Waals surface area contributed by atoms with Gasteiger partial charge >= 0.3 is 0 Å². The molecule has 0 amide bonds. The van der Waals surface area contributed by atoms with E-state index in [2.05, 4.69) is 6.58 Å². The molecule has 1 N–H and O–H groups in total. The van der Waals surface area contributed by atoms with Gasteiger partial charge in [-0.05, 0) is 54.5 Å². The molecule has 13 heavy (non-hydrogen) atoms. The Balaban J connectivity index is 2.33. The van der Waals surface area contributed by atoms with Crippen LogP contribution in [0.4, 0.5) is 0 Å². The SMILES string of the molecule is C=C(c1ccc(O)cc1C)C1CC1. The third-order valence-electron chi connectivity index (χ3n) is 2.63. The van der Waals surface area contributed by atoms with Gasteiger partial charge in [0.05, 0.1) is 0 Å². The molecular formula is C12H14O. The molecule has 68 valence electrons. The Kier molecular flexibility index (Phi) is 1.87. The van der Waals surface area contributed by atoms with Crippen molar-refractivity contribution in [1.82, 2.24) is 0 Å². The number of hydrogen-bond donors (Lipinski definition) is 1. The van der Waals surface area contributed by atoms with Crippen molar-refractivity contribution in [2.75, 3.05) is 0 Å². The maximum absolute atomic E-state index is 9.24. The van der Waals surface area contributed by atoms with Gasteiger partial charge < -0.3 is 5.11 Å². The molecule has 0 bridgehead atoms. The van der Waals surface area contributed by atoms with E-state index in [0.29, 0.717) is 11.7 Å². The largest absolute Gasteiger partial charge is 0.508 e. The average Bonchev–Trinajstić information content (AvgIpc) is 2.85. The molecule has 0 aliphatic heterocycles. The predicted octanol–water partition coefficient (Wildman–Crippen LogP) is 3.12. The van der Waals surface area contributed by atoms with Crippen LogP contribution in [0.3, 0.4) is 0 Å². The van der Waals surface area contributed by atoms with Crippen molar-refractivity contribution in [3.8, 4) is 5.75 Å². The molecule has 0 heterocycles. The molecular weight excluding hydrogens is 160 g/mol. The van der Waals surface area contributed by atoms with Crippen LogP contribution in [0.25, 0.3) is 5.57 Å². The Labute approximate surface area is 78.7 Å². The molecule has 0 radical (unpaired) electrons. The summed E-state index contributed by atoms with van der Waals surface area (Å²) >= 11 is 0. The van der Waals surface area contributed by atoms with Gasteiger partial charge in [0, 0.05) is 0 Å². The van der Waals surface area contributed by atoms with Crippen molar-refractivity contribution in [1.29, 1.82) is 0 Å². The molecule has 0 aromatic heterocycles. The van der Waals surface area contributed by atoms with E-state index in [9.17, 15) is 5.11 Å². The van der Waals surface area contributed by atoms with Crippen LogP contribution in [0.1, 0.15) is 24.0 Å². The molecule has 1 aromatic carbocycles. The van der Waals surface area contributed by atoms with E-state index in [1.54, 1.807) is 12.1 Å². The third kappa shape index (κ3) is 1.59. The molecule has 1 heteroatoms. The molecule has 1 fully saturated rings. The van der Waals surface area contributed by atoms with Gasteiger partial charge in [-0.15, -0.1) is 0 Å². The van der Waals surface area contributed by atoms with E-state index < -0.39 is 0 Å². The van der Waals surface area contributed by atoms with Crippen molar-refractivity contribution in [3.05, 3.63) is 35.9 Å². The summed E-state index contributed by atoms with van der Waals surface area (Å²) in [5.41, 5.74) is 3.56. The summed E-state index contributed by atoms with van der Waals surface area (Å²) in [5.74, 6) is 1.04. The fourth-order valence-electron chi connectivity index (χ4n) is 1.66. The normalized spacial score (nSPS) is 15.8. The lowest BCUT2D eigenvalue weighted by atomic mass is 9.98. The molecule has 0 spiro atoms. The molecule has 1 aliphatic rings. The number of benzene rings is 1. The Morgan fingerprint density at radius 3 is 2.69 bits per heavy atom. The minimum Gasteiger partial charge on any atom is -0.508 e. The van der Waals surface area contributed by atoms with Gasteiger partial charge in [0.25, 0.3) is 0 Å². The van der Waals surface area contributed by atoms with Crippen molar-refractivity contribution < 1.29 is 5.11 Å². The van der Waals surface area contributed by atoms with Crippen LogP contribution in [-0.4, -0.2) is 5.11 Å². The number of allylic oxidation sites excluding steroid dienone is 1. The molecule has 0 atom stereocenters. The molecule has 0 unspecified atom stereocenters. The predicted molar refractivity (Wildman–Crippen MR) is 54.6 cm³/mol. The lowest BCUT2D eigenvalue weighted by Gasteiger charge is -2.08. The molecule has 1 aromatic rings. The fraction of sp³-hybridized carbons (Fsp3) is 0.333. The Morgan fingerprint density at radius 2 is 2.15 bits per heavy atom. The summed E-state index contributed by atoms with van der Waals surface area (Å²) < 4.78 is 0. The standard InChI is InChI=1S/C12H14O/c1-8-7-11(13)5-6-12(8)9(2)10-3-4-10/h5-7,10,13H,2-4H2,1H3. The van der Waals surface area contributed by atoms with Crippen LogP contribution < -0.4 is 0 Å². The molecule has 1 nitrogen and oxygen atoms in total. The Bertz CT molecular complexity index is 348. The lowest BCUT2D eigenvalue weighted by Crippen LogP contribution is -1.88.